The van der Waals surface area contributed by atoms with Crippen LogP contribution in [-0.2, 0) is 4.79 Å². The summed E-state index contributed by atoms with van der Waals surface area (Å²) in [5.74, 6) is 0. The molecule has 3 nitrogen and oxygen atoms in total. The monoisotopic (exact) mass is 95.0 g/mol. The van der Waals surface area contributed by atoms with Crippen LogP contribution in [0.3, 0.4) is 0 Å². The van der Waals surface area contributed by atoms with Crippen molar-refractivity contribution >= 4 is 6.29 Å². The van der Waals surface area contributed by atoms with Crippen LogP contribution in [0.4, 0.5) is 0 Å². The Hall–Kier alpha value is -1.12. The smallest absolute Gasteiger partial charge is 0.255 e. The minimum atomic E-state index is 0.319. The molecule has 0 bridgehead atoms. The zero-order valence-electron chi connectivity index (χ0n) is 3.51. The Balaban J connectivity index is 2.96. The molecule has 0 aliphatic rings. The first-order chi connectivity index (χ1) is 3.43. The summed E-state index contributed by atoms with van der Waals surface area (Å²) in [6, 6.07) is 1.55. The summed E-state index contributed by atoms with van der Waals surface area (Å²) >= 11 is 0. The van der Waals surface area contributed by atoms with E-state index < -0.39 is 0 Å². The van der Waals surface area contributed by atoms with E-state index in [4.69, 9.17) is 0 Å². The number of rotatable bonds is 1. The largest absolute Gasteiger partial charge is 0.285 e. The highest BCUT2D eigenvalue weighted by Crippen LogP contribution is 1.81. The second-order valence-electron chi connectivity index (χ2n) is 1.06. The third kappa shape index (κ3) is 0.652. The molecule has 1 heterocycles. The normalized spacial score (nSPS) is 8.57. The predicted molar refractivity (Wildman–Crippen MR) is 23.4 cm³/mol. The number of hydrogen-bond acceptors (Lipinski definition) is 2. The molecule has 1 rings (SSSR count). The molecule has 0 aliphatic heterocycles. The van der Waals surface area contributed by atoms with Gasteiger partial charge >= 0.3 is 0 Å². The topological polar surface area (TPSA) is 45.8 Å². The molecule has 0 saturated carbocycles. The number of aromatic nitrogens is 2. The summed E-state index contributed by atoms with van der Waals surface area (Å²) in [6.07, 6.45) is 3.18. The Morgan fingerprint density at radius 1 is 1.86 bits per heavy atom. The van der Waals surface area contributed by atoms with Crippen LogP contribution in [0.5, 0.6) is 0 Å². The third-order valence-electron chi connectivity index (χ3n) is 0.605. The van der Waals surface area contributed by atoms with Gasteiger partial charge in [-0.25, -0.2) is 0 Å². The molecule has 1 aromatic heterocycles. The lowest BCUT2D eigenvalue weighted by Crippen LogP contribution is -1.76. The number of aromatic amines is 1. The van der Waals surface area contributed by atoms with Crippen LogP contribution >= 0.6 is 0 Å². The number of H-pyrrole nitrogens is 1. The van der Waals surface area contributed by atoms with Gasteiger partial charge in [0.15, 0.2) is 0 Å². The molecule has 35 valence electrons. The number of nitrogens with one attached hydrogen (secondary N) is 1. The maximum absolute atomic E-state index is 9.66. The van der Waals surface area contributed by atoms with Crippen molar-refractivity contribution in [3.05, 3.63) is 18.0 Å². The van der Waals surface area contributed by atoms with Crippen molar-refractivity contribution in [1.29, 1.82) is 0 Å². The fraction of sp³-hybridized carbons (Fsp3) is 0. The Morgan fingerprint density at radius 3 is 3.00 bits per heavy atom. The Morgan fingerprint density at radius 2 is 2.71 bits per heavy atom. The summed E-state index contributed by atoms with van der Waals surface area (Å²) in [4.78, 5) is 9.66. The molecule has 0 aromatic carbocycles. The average molecular weight is 95.1 g/mol. The molecule has 1 N–H and O–H groups in total. The highest BCUT2D eigenvalue weighted by Gasteiger charge is 1.85. The summed E-state index contributed by atoms with van der Waals surface area (Å²) in [5, 5.41) is 5.95. The Bertz CT molecular complexity index is 145. The van der Waals surface area contributed by atoms with Crippen LogP contribution in [0.25, 0.3) is 0 Å². The summed E-state index contributed by atoms with van der Waals surface area (Å²) in [7, 11) is 0. The summed E-state index contributed by atoms with van der Waals surface area (Å²) < 4.78 is 0. The zero-order chi connectivity index (χ0) is 5.11. The predicted octanol–water partition coefficient (Wildman–Crippen LogP) is -0.133. The van der Waals surface area contributed by atoms with Gasteiger partial charge in [0.05, 0.1) is 0 Å². The fourth-order valence-electron chi connectivity index (χ4n) is 0.317. The van der Waals surface area contributed by atoms with E-state index in [1.54, 1.807) is 18.5 Å². The molecule has 0 saturated heterocycles. The maximum atomic E-state index is 9.66. The van der Waals surface area contributed by atoms with Gasteiger partial charge in [-0.2, -0.15) is 5.10 Å². The first-order valence-corrected chi connectivity index (χ1v) is 1.81. The Kier molecular flexibility index (Phi) is 0.898. The molecule has 1 radical (unpaired) electrons. The average Bonchev–Trinajstić information content (AvgIpc) is 2.14. The molecule has 0 atom stereocenters. The van der Waals surface area contributed by atoms with Crippen molar-refractivity contribution in [2.24, 2.45) is 0 Å². The Labute approximate surface area is 40.4 Å². The van der Waals surface area contributed by atoms with Gasteiger partial charge in [-0.1, -0.05) is 0 Å². The molecule has 1 aromatic rings. The van der Waals surface area contributed by atoms with Crippen LogP contribution in [0.2, 0.25) is 0 Å². The quantitative estimate of drug-likeness (QED) is 0.528. The second kappa shape index (κ2) is 1.55. The van der Waals surface area contributed by atoms with Crippen molar-refractivity contribution in [3.8, 4) is 0 Å². The minimum Gasteiger partial charge on any atom is -0.285 e. The van der Waals surface area contributed by atoms with E-state index in [2.05, 4.69) is 10.2 Å². The number of nitrogens with zero attached hydrogens (tertiary/aromatic N) is 1. The van der Waals surface area contributed by atoms with Crippen molar-refractivity contribution in [2.45, 2.75) is 0 Å². The van der Waals surface area contributed by atoms with E-state index in [1.165, 1.54) is 0 Å². The zero-order valence-corrected chi connectivity index (χ0v) is 3.51. The molecule has 0 spiro atoms. The van der Waals surface area contributed by atoms with Gasteiger partial charge in [0.25, 0.3) is 6.29 Å². The molecule has 7 heavy (non-hydrogen) atoms. The van der Waals surface area contributed by atoms with Crippen LogP contribution in [0, 0.1) is 0 Å². The van der Waals surface area contributed by atoms with Crippen molar-refractivity contribution < 1.29 is 4.79 Å². The van der Waals surface area contributed by atoms with Gasteiger partial charge < -0.3 is 0 Å². The lowest BCUT2D eigenvalue weighted by molar-refractivity contribution is 0.561. The van der Waals surface area contributed by atoms with E-state index in [0.717, 1.165) is 0 Å². The highest BCUT2D eigenvalue weighted by molar-refractivity contribution is 5.71. The van der Waals surface area contributed by atoms with Gasteiger partial charge in [0.2, 0.25) is 0 Å². The summed E-state index contributed by atoms with van der Waals surface area (Å²) in [5.41, 5.74) is 0.319. The van der Waals surface area contributed by atoms with Crippen LogP contribution in [0.1, 0.15) is 5.69 Å². The number of carbonyl (C=O) groups excluding carboxylic acids is 1. The lowest BCUT2D eigenvalue weighted by Gasteiger charge is -1.63. The molecule has 0 aliphatic carbocycles. The van der Waals surface area contributed by atoms with Crippen molar-refractivity contribution in [3.63, 3.8) is 0 Å². The SMILES string of the molecule is O=[C]c1cc[nH]n1. The minimum absolute atomic E-state index is 0.319. The van der Waals surface area contributed by atoms with Crippen LogP contribution in [0.15, 0.2) is 12.3 Å². The standard InChI is InChI=1S/C4H3N2O/c7-3-4-1-2-5-6-4/h1-2H,(H,5,6). The number of hydrogen-bond donors (Lipinski definition) is 1. The fourth-order valence-corrected chi connectivity index (χ4v) is 0.317. The van der Waals surface area contributed by atoms with Gasteiger partial charge in [-0.3, -0.25) is 9.89 Å². The molecular formula is C4H3N2O. The van der Waals surface area contributed by atoms with Gasteiger partial charge in [0, 0.05) is 6.20 Å². The molecule has 0 amide bonds. The van der Waals surface area contributed by atoms with Crippen molar-refractivity contribution in [2.75, 3.05) is 0 Å². The van der Waals surface area contributed by atoms with E-state index in [-0.39, 0.29) is 0 Å². The highest BCUT2D eigenvalue weighted by atomic mass is 16.1. The first-order valence-electron chi connectivity index (χ1n) is 1.81. The van der Waals surface area contributed by atoms with E-state index in [1.807, 2.05) is 0 Å². The maximum Gasteiger partial charge on any atom is 0.255 e. The molecule has 3 heteroatoms. The van der Waals surface area contributed by atoms with Crippen LogP contribution in [-0.4, -0.2) is 16.5 Å². The van der Waals surface area contributed by atoms with Gasteiger partial charge in [0.1, 0.15) is 5.69 Å². The van der Waals surface area contributed by atoms with Crippen LogP contribution < -0.4 is 0 Å². The van der Waals surface area contributed by atoms with E-state index >= 15 is 0 Å². The van der Waals surface area contributed by atoms with E-state index in [9.17, 15) is 4.79 Å². The van der Waals surface area contributed by atoms with Gasteiger partial charge in [-0.05, 0) is 6.07 Å². The summed E-state index contributed by atoms with van der Waals surface area (Å²) in [6.45, 7) is 0. The van der Waals surface area contributed by atoms with Gasteiger partial charge in [-0.15, -0.1) is 0 Å². The third-order valence-corrected chi connectivity index (χ3v) is 0.605. The molecule has 0 fully saturated rings. The second-order valence-corrected chi connectivity index (χ2v) is 1.06. The molecular weight excluding hydrogens is 92.1 g/mol. The van der Waals surface area contributed by atoms with Crippen molar-refractivity contribution in [1.82, 2.24) is 10.2 Å². The molecule has 0 unspecified atom stereocenters. The lowest BCUT2D eigenvalue weighted by atomic mass is 10.5. The van der Waals surface area contributed by atoms with E-state index in [0.29, 0.717) is 5.69 Å². The first kappa shape index (κ1) is 4.05.